The first-order valence-corrected chi connectivity index (χ1v) is 7.87. The number of nitrogens with zero attached hydrogens (tertiary/aromatic N) is 1. The molecule has 0 unspecified atom stereocenters. The first kappa shape index (κ1) is 15.9. The van der Waals surface area contributed by atoms with Gasteiger partial charge in [0.05, 0.1) is 11.9 Å². The molecule has 7 heteroatoms. The summed E-state index contributed by atoms with van der Waals surface area (Å²) < 4.78 is 23.8. The number of anilines is 3. The number of carbonyl (C=O) groups is 1. The van der Waals surface area contributed by atoms with E-state index in [2.05, 4.69) is 15.6 Å². The van der Waals surface area contributed by atoms with Gasteiger partial charge in [-0.05, 0) is 42.5 Å². The molecule has 4 rings (SSSR count). The smallest absolute Gasteiger partial charge is 0.255 e. The molecule has 6 nitrogen and oxygen atoms in total. The Balaban J connectivity index is 1.43. The minimum absolute atomic E-state index is 0.219. The lowest BCUT2D eigenvalue weighted by Gasteiger charge is -2.08. The highest BCUT2D eigenvalue weighted by atomic mass is 19.1. The van der Waals surface area contributed by atoms with E-state index in [4.69, 9.17) is 9.47 Å². The third kappa shape index (κ3) is 3.41. The number of hydrogen-bond acceptors (Lipinski definition) is 5. The highest BCUT2D eigenvalue weighted by Crippen LogP contribution is 2.34. The fourth-order valence-corrected chi connectivity index (χ4v) is 2.50. The van der Waals surface area contributed by atoms with Crippen molar-refractivity contribution in [2.24, 2.45) is 0 Å². The number of rotatable bonds is 4. The van der Waals surface area contributed by atoms with Crippen molar-refractivity contribution < 1.29 is 18.7 Å². The van der Waals surface area contributed by atoms with Crippen LogP contribution in [0, 0.1) is 5.82 Å². The minimum atomic E-state index is -0.459. The maximum absolute atomic E-state index is 13.2. The number of fused-ring (bicyclic) bond motifs is 1. The first-order chi connectivity index (χ1) is 12.7. The van der Waals surface area contributed by atoms with Crippen LogP contribution < -0.4 is 20.1 Å². The van der Waals surface area contributed by atoms with Gasteiger partial charge in [-0.15, -0.1) is 0 Å². The molecule has 0 bridgehead atoms. The number of nitrogens with one attached hydrogen (secondary N) is 2. The van der Waals surface area contributed by atoms with Crippen molar-refractivity contribution in [2.75, 3.05) is 17.4 Å². The van der Waals surface area contributed by atoms with Gasteiger partial charge >= 0.3 is 0 Å². The summed E-state index contributed by atoms with van der Waals surface area (Å²) in [5, 5.41) is 5.82. The van der Waals surface area contributed by atoms with Crippen LogP contribution in [0.4, 0.5) is 21.6 Å². The second-order valence-electron chi connectivity index (χ2n) is 5.59. The predicted molar refractivity (Wildman–Crippen MR) is 94.4 cm³/mol. The van der Waals surface area contributed by atoms with E-state index in [-0.39, 0.29) is 12.4 Å². The monoisotopic (exact) mass is 351 g/mol. The number of ether oxygens (including phenoxy) is 2. The topological polar surface area (TPSA) is 72.5 Å². The van der Waals surface area contributed by atoms with Gasteiger partial charge in [0.15, 0.2) is 11.5 Å². The van der Waals surface area contributed by atoms with Crippen LogP contribution in [0.2, 0.25) is 0 Å². The molecule has 1 aliphatic rings. The number of hydrogen-bond donors (Lipinski definition) is 2. The molecular weight excluding hydrogens is 337 g/mol. The molecule has 26 heavy (non-hydrogen) atoms. The van der Waals surface area contributed by atoms with E-state index in [9.17, 15) is 9.18 Å². The van der Waals surface area contributed by atoms with Gasteiger partial charge in [-0.2, -0.15) is 0 Å². The molecule has 3 aromatic rings. The van der Waals surface area contributed by atoms with Gasteiger partial charge in [0.1, 0.15) is 11.6 Å². The molecular formula is C19H14FN3O3. The summed E-state index contributed by atoms with van der Waals surface area (Å²) in [5.41, 5.74) is 1.56. The fourth-order valence-electron chi connectivity index (χ4n) is 2.50. The number of benzene rings is 2. The van der Waals surface area contributed by atoms with Crippen molar-refractivity contribution in [2.45, 2.75) is 0 Å². The van der Waals surface area contributed by atoms with Crippen LogP contribution in [0.25, 0.3) is 0 Å². The Labute approximate surface area is 148 Å². The van der Waals surface area contributed by atoms with Gasteiger partial charge in [-0.25, -0.2) is 9.37 Å². The number of halogens is 1. The van der Waals surface area contributed by atoms with E-state index in [1.54, 1.807) is 18.2 Å². The summed E-state index contributed by atoms with van der Waals surface area (Å²) in [6.45, 7) is 0.219. The van der Waals surface area contributed by atoms with Gasteiger partial charge in [0.2, 0.25) is 6.79 Å². The van der Waals surface area contributed by atoms with Gasteiger partial charge in [0.25, 0.3) is 5.91 Å². The maximum atomic E-state index is 13.2. The van der Waals surface area contributed by atoms with Crippen molar-refractivity contribution in [3.63, 3.8) is 0 Å². The first-order valence-electron chi connectivity index (χ1n) is 7.87. The molecule has 1 aliphatic heterocycles. The summed E-state index contributed by atoms with van der Waals surface area (Å²) in [4.78, 5) is 16.4. The Morgan fingerprint density at radius 2 is 1.85 bits per heavy atom. The van der Waals surface area contributed by atoms with Crippen molar-refractivity contribution >= 4 is 23.1 Å². The second-order valence-corrected chi connectivity index (χ2v) is 5.59. The molecule has 0 saturated carbocycles. The number of pyridine rings is 1. The van der Waals surface area contributed by atoms with E-state index in [1.807, 2.05) is 18.2 Å². The quantitative estimate of drug-likeness (QED) is 0.745. The molecule has 0 atom stereocenters. The largest absolute Gasteiger partial charge is 0.454 e. The maximum Gasteiger partial charge on any atom is 0.255 e. The molecule has 0 fully saturated rings. The molecule has 130 valence electrons. The number of amides is 1. The zero-order valence-electron chi connectivity index (χ0n) is 13.5. The highest BCUT2D eigenvalue weighted by molar-refractivity contribution is 6.04. The van der Waals surface area contributed by atoms with E-state index < -0.39 is 11.7 Å². The van der Waals surface area contributed by atoms with Crippen molar-refractivity contribution in [1.29, 1.82) is 0 Å². The highest BCUT2D eigenvalue weighted by Gasteiger charge is 2.13. The Morgan fingerprint density at radius 3 is 2.65 bits per heavy atom. The van der Waals surface area contributed by atoms with Crippen LogP contribution in [0.15, 0.2) is 60.8 Å². The fraction of sp³-hybridized carbons (Fsp3) is 0.0526. The Hall–Kier alpha value is -3.61. The van der Waals surface area contributed by atoms with E-state index in [0.717, 1.165) is 5.69 Å². The van der Waals surface area contributed by atoms with Gasteiger partial charge in [0, 0.05) is 17.3 Å². The molecule has 1 aromatic heterocycles. The van der Waals surface area contributed by atoms with Gasteiger partial charge in [-0.1, -0.05) is 6.07 Å². The van der Waals surface area contributed by atoms with Gasteiger partial charge < -0.3 is 20.1 Å². The Kier molecular flexibility index (Phi) is 4.10. The molecule has 0 saturated heterocycles. The molecule has 0 aliphatic carbocycles. The van der Waals surface area contributed by atoms with E-state index >= 15 is 0 Å². The Morgan fingerprint density at radius 1 is 1.00 bits per heavy atom. The molecule has 1 amide bonds. The lowest BCUT2D eigenvalue weighted by Crippen LogP contribution is -2.12. The van der Waals surface area contributed by atoms with Crippen LogP contribution in [0.3, 0.4) is 0 Å². The minimum Gasteiger partial charge on any atom is -0.454 e. The van der Waals surface area contributed by atoms with Crippen molar-refractivity contribution in [1.82, 2.24) is 4.98 Å². The zero-order valence-corrected chi connectivity index (χ0v) is 13.5. The zero-order chi connectivity index (χ0) is 17.9. The van der Waals surface area contributed by atoms with Crippen molar-refractivity contribution in [3.05, 3.63) is 72.2 Å². The van der Waals surface area contributed by atoms with Crippen LogP contribution in [-0.4, -0.2) is 17.7 Å². The van der Waals surface area contributed by atoms with Crippen LogP contribution in [0.5, 0.6) is 11.5 Å². The Bertz CT molecular complexity index is 960. The summed E-state index contributed by atoms with van der Waals surface area (Å²) >= 11 is 0. The SMILES string of the molecule is O=C(Nc1ccc(Nc2ccc3c(c2)OCO3)nc1)c1cccc(F)c1. The van der Waals surface area contributed by atoms with E-state index in [1.165, 1.54) is 24.4 Å². The lowest BCUT2D eigenvalue weighted by molar-refractivity contribution is 0.102. The molecule has 2 heterocycles. The molecule has 0 radical (unpaired) electrons. The summed E-state index contributed by atoms with van der Waals surface area (Å²) in [6.07, 6.45) is 1.52. The van der Waals surface area contributed by atoms with Crippen molar-refractivity contribution in [3.8, 4) is 11.5 Å². The summed E-state index contributed by atoms with van der Waals surface area (Å²) in [5.74, 6) is 1.13. The summed E-state index contributed by atoms with van der Waals surface area (Å²) in [7, 11) is 0. The molecule has 2 N–H and O–H groups in total. The number of aromatic nitrogens is 1. The van der Waals surface area contributed by atoms with E-state index in [0.29, 0.717) is 23.0 Å². The standard InChI is InChI=1S/C19H14FN3O3/c20-13-3-1-2-12(8-13)19(24)23-15-5-7-18(21-10-15)22-14-4-6-16-17(9-14)26-11-25-16/h1-10H,11H2,(H,21,22)(H,23,24). The molecule has 0 spiro atoms. The normalized spacial score (nSPS) is 11.9. The third-order valence-electron chi connectivity index (χ3n) is 3.75. The van der Waals surface area contributed by atoms with Gasteiger partial charge in [-0.3, -0.25) is 4.79 Å². The van der Waals surface area contributed by atoms with Crippen LogP contribution in [0.1, 0.15) is 10.4 Å². The van der Waals surface area contributed by atoms with Crippen LogP contribution >= 0.6 is 0 Å². The second kappa shape index (κ2) is 6.72. The summed E-state index contributed by atoms with van der Waals surface area (Å²) in [6, 6.07) is 14.4. The van der Waals surface area contributed by atoms with Crippen LogP contribution in [-0.2, 0) is 0 Å². The molecule has 2 aromatic carbocycles. The average molecular weight is 351 g/mol. The predicted octanol–water partition coefficient (Wildman–Crippen LogP) is 3.95. The number of carbonyl (C=O) groups excluding carboxylic acids is 1. The third-order valence-corrected chi connectivity index (χ3v) is 3.75. The lowest BCUT2D eigenvalue weighted by atomic mass is 10.2. The average Bonchev–Trinajstić information content (AvgIpc) is 3.11.